The zero-order chi connectivity index (χ0) is 20.1. The Labute approximate surface area is 163 Å². The number of nitro groups is 1. The highest BCUT2D eigenvalue weighted by Crippen LogP contribution is 2.36. The van der Waals surface area contributed by atoms with Crippen LogP contribution in [0.2, 0.25) is 0 Å². The van der Waals surface area contributed by atoms with Crippen molar-refractivity contribution < 1.29 is 14.5 Å². The molecule has 0 spiro atoms. The number of allylic oxidation sites excluding steroid dienone is 1. The smallest absolute Gasteiger partial charge is 0.332 e. The second-order valence-electron chi connectivity index (χ2n) is 6.37. The first-order valence-electron chi connectivity index (χ1n) is 9.01. The summed E-state index contributed by atoms with van der Waals surface area (Å²) in [5.74, 6) is -0.443. The van der Waals surface area contributed by atoms with Gasteiger partial charge in [0.2, 0.25) is 0 Å². The average molecular weight is 379 g/mol. The monoisotopic (exact) mass is 379 g/mol. The Kier molecular flexibility index (Phi) is 5.84. The van der Waals surface area contributed by atoms with Gasteiger partial charge in [-0.1, -0.05) is 42.5 Å². The second-order valence-corrected chi connectivity index (χ2v) is 6.37. The van der Waals surface area contributed by atoms with Crippen LogP contribution in [-0.2, 0) is 9.53 Å². The van der Waals surface area contributed by atoms with E-state index in [1.165, 1.54) is 12.1 Å². The number of esters is 1. The summed E-state index contributed by atoms with van der Waals surface area (Å²) in [4.78, 5) is 22.6. The number of carbonyl (C=O) groups is 1. The Balaban J connectivity index is 1.99. The van der Waals surface area contributed by atoms with Crippen molar-refractivity contribution in [1.29, 1.82) is 0 Å². The molecule has 0 radical (unpaired) electrons. The zero-order valence-electron chi connectivity index (χ0n) is 15.7. The molecule has 2 aromatic rings. The molecule has 0 amide bonds. The zero-order valence-corrected chi connectivity index (χ0v) is 15.7. The van der Waals surface area contributed by atoms with Crippen molar-refractivity contribution in [1.82, 2.24) is 5.01 Å². The Bertz CT molecular complexity index is 938. The topological polar surface area (TPSA) is 85.0 Å². The first-order valence-corrected chi connectivity index (χ1v) is 9.01. The van der Waals surface area contributed by atoms with Crippen molar-refractivity contribution in [3.63, 3.8) is 0 Å². The Morgan fingerprint density at radius 2 is 2.04 bits per heavy atom. The molecule has 7 nitrogen and oxygen atoms in total. The van der Waals surface area contributed by atoms with Gasteiger partial charge < -0.3 is 4.74 Å². The van der Waals surface area contributed by atoms with E-state index in [9.17, 15) is 14.9 Å². The number of hydrogen-bond acceptors (Lipinski definition) is 6. The predicted molar refractivity (Wildman–Crippen MR) is 106 cm³/mol. The van der Waals surface area contributed by atoms with E-state index in [-0.39, 0.29) is 18.3 Å². The number of carbonyl (C=O) groups excluding carboxylic acids is 1. The lowest BCUT2D eigenvalue weighted by atomic mass is 9.98. The van der Waals surface area contributed by atoms with Gasteiger partial charge in [0.15, 0.2) is 0 Å². The van der Waals surface area contributed by atoms with Gasteiger partial charge in [-0.2, -0.15) is 5.10 Å². The molecule has 28 heavy (non-hydrogen) atoms. The lowest BCUT2D eigenvalue weighted by molar-refractivity contribution is -0.384. The first-order chi connectivity index (χ1) is 13.5. The van der Waals surface area contributed by atoms with Gasteiger partial charge in [0.25, 0.3) is 5.69 Å². The molecular formula is C21H21N3O4. The summed E-state index contributed by atoms with van der Waals surface area (Å²) >= 11 is 0. The number of hydrogen-bond donors (Lipinski definition) is 0. The Hall–Kier alpha value is -3.48. The van der Waals surface area contributed by atoms with E-state index < -0.39 is 10.9 Å². The maximum absolute atomic E-state index is 11.9. The van der Waals surface area contributed by atoms with Crippen molar-refractivity contribution in [3.8, 4) is 0 Å². The molecule has 0 saturated carbocycles. The second kappa shape index (κ2) is 8.47. The van der Waals surface area contributed by atoms with Gasteiger partial charge in [-0.05, 0) is 25.0 Å². The number of nitrogens with zero attached hydrogens (tertiary/aromatic N) is 3. The van der Waals surface area contributed by atoms with Gasteiger partial charge >= 0.3 is 5.97 Å². The van der Waals surface area contributed by atoms with Crippen LogP contribution in [-0.4, -0.2) is 28.2 Å². The minimum Gasteiger partial charge on any atom is -0.463 e. The molecule has 1 aliphatic heterocycles. The molecule has 144 valence electrons. The first kappa shape index (κ1) is 19.3. The quantitative estimate of drug-likeness (QED) is 0.325. The molecule has 2 aromatic carbocycles. The molecule has 3 rings (SSSR count). The standard InChI is InChI=1S/C21H21N3O4/c1-3-28-21(25)12-15(2)23-20(17-10-7-11-18(13-17)24(26)27)14-19(22-23)16-8-5-4-6-9-16/h4-13,20H,3,14H2,1-2H3/b15-12+. The molecule has 1 heterocycles. The largest absolute Gasteiger partial charge is 0.463 e. The van der Waals surface area contributed by atoms with Crippen molar-refractivity contribution >= 4 is 17.4 Å². The SMILES string of the molecule is CCOC(=O)/C=C(\C)N1N=C(c2ccccc2)CC1c1cccc([N+](=O)[O-])c1. The summed E-state index contributed by atoms with van der Waals surface area (Å²) in [6.45, 7) is 3.81. The van der Waals surface area contributed by atoms with E-state index in [2.05, 4.69) is 0 Å². The van der Waals surface area contributed by atoms with Gasteiger partial charge in [-0.25, -0.2) is 4.79 Å². The molecule has 0 aromatic heterocycles. The Morgan fingerprint density at radius 3 is 2.71 bits per heavy atom. The van der Waals surface area contributed by atoms with Gasteiger partial charge in [0, 0.05) is 30.3 Å². The number of rotatable bonds is 6. The van der Waals surface area contributed by atoms with Crippen LogP contribution in [0.3, 0.4) is 0 Å². The van der Waals surface area contributed by atoms with Crippen LogP contribution in [0.5, 0.6) is 0 Å². The molecule has 1 unspecified atom stereocenters. The maximum Gasteiger partial charge on any atom is 0.332 e. The number of nitro benzene ring substituents is 1. The van der Waals surface area contributed by atoms with Gasteiger partial charge in [0.1, 0.15) is 0 Å². The van der Waals surface area contributed by atoms with Crippen molar-refractivity contribution in [3.05, 3.63) is 87.6 Å². The third-order valence-corrected chi connectivity index (χ3v) is 4.46. The number of non-ortho nitro benzene ring substituents is 1. The normalized spacial score (nSPS) is 16.6. The summed E-state index contributed by atoms with van der Waals surface area (Å²) in [5, 5.41) is 17.6. The number of hydrazone groups is 1. The molecule has 0 N–H and O–H groups in total. The van der Waals surface area contributed by atoms with Crippen LogP contribution in [0.1, 0.15) is 37.4 Å². The van der Waals surface area contributed by atoms with Crippen LogP contribution < -0.4 is 0 Å². The molecule has 0 saturated heterocycles. The fourth-order valence-corrected chi connectivity index (χ4v) is 3.17. The van der Waals surface area contributed by atoms with E-state index in [4.69, 9.17) is 9.84 Å². The number of ether oxygens (including phenoxy) is 1. The lowest BCUT2D eigenvalue weighted by Crippen LogP contribution is -2.19. The van der Waals surface area contributed by atoms with Gasteiger partial charge in [-0.15, -0.1) is 0 Å². The van der Waals surface area contributed by atoms with Crippen molar-refractivity contribution in [2.75, 3.05) is 6.61 Å². The highest BCUT2D eigenvalue weighted by atomic mass is 16.6. The van der Waals surface area contributed by atoms with E-state index >= 15 is 0 Å². The summed E-state index contributed by atoms with van der Waals surface area (Å²) < 4.78 is 5.00. The molecule has 0 bridgehead atoms. The van der Waals surface area contributed by atoms with E-state index in [1.54, 1.807) is 31.0 Å². The van der Waals surface area contributed by atoms with Gasteiger partial charge in [0.05, 0.1) is 23.3 Å². The lowest BCUT2D eigenvalue weighted by Gasteiger charge is -2.24. The minimum absolute atomic E-state index is 0.0256. The third kappa shape index (κ3) is 4.25. The molecule has 0 fully saturated rings. The maximum atomic E-state index is 11.9. The van der Waals surface area contributed by atoms with E-state index in [0.29, 0.717) is 12.1 Å². The fraction of sp³-hybridized carbons (Fsp3) is 0.238. The van der Waals surface area contributed by atoms with Crippen LogP contribution in [0.15, 0.2) is 71.5 Å². The fourth-order valence-electron chi connectivity index (χ4n) is 3.17. The van der Waals surface area contributed by atoms with E-state index in [1.807, 2.05) is 36.4 Å². The van der Waals surface area contributed by atoms with Crippen LogP contribution >= 0.6 is 0 Å². The molecule has 7 heteroatoms. The van der Waals surface area contributed by atoms with Crippen LogP contribution in [0.4, 0.5) is 5.69 Å². The summed E-state index contributed by atoms with van der Waals surface area (Å²) in [5.41, 5.74) is 3.23. The molecule has 1 atom stereocenters. The predicted octanol–water partition coefficient (Wildman–Crippen LogP) is 4.21. The van der Waals surface area contributed by atoms with E-state index in [0.717, 1.165) is 16.8 Å². The highest BCUT2D eigenvalue weighted by Gasteiger charge is 2.31. The van der Waals surface area contributed by atoms with Crippen molar-refractivity contribution in [2.24, 2.45) is 5.10 Å². The molecule has 0 aliphatic carbocycles. The molecular weight excluding hydrogens is 358 g/mol. The molecule has 1 aliphatic rings. The highest BCUT2D eigenvalue weighted by molar-refractivity contribution is 6.02. The van der Waals surface area contributed by atoms with Gasteiger partial charge in [-0.3, -0.25) is 15.1 Å². The summed E-state index contributed by atoms with van der Waals surface area (Å²) in [6, 6.07) is 16.0. The third-order valence-electron chi connectivity index (χ3n) is 4.46. The minimum atomic E-state index is -0.443. The summed E-state index contributed by atoms with van der Waals surface area (Å²) in [7, 11) is 0. The Morgan fingerprint density at radius 1 is 1.29 bits per heavy atom. The van der Waals surface area contributed by atoms with Crippen molar-refractivity contribution in [2.45, 2.75) is 26.3 Å². The van der Waals surface area contributed by atoms with Crippen LogP contribution in [0, 0.1) is 10.1 Å². The average Bonchev–Trinajstić information content (AvgIpc) is 3.14. The summed E-state index contributed by atoms with van der Waals surface area (Å²) in [6.07, 6.45) is 1.96. The van der Waals surface area contributed by atoms with Crippen LogP contribution in [0.25, 0.3) is 0 Å². The number of benzene rings is 2.